The zero-order chi connectivity index (χ0) is 15.1. The molecule has 0 radical (unpaired) electrons. The van der Waals surface area contributed by atoms with Crippen molar-refractivity contribution in [1.82, 2.24) is 10.2 Å². The average molecular weight is 290 g/mol. The number of carboxylic acid groups (broad SMARTS) is 1. The SMILES string of the molecule is O=C(CN1CCCCC1)N[C@@H](Cc1ccccc1)C(=O)O. The first kappa shape index (κ1) is 15.5. The number of rotatable bonds is 6. The number of carboxylic acids is 1. The number of nitrogens with zero attached hydrogens (tertiary/aromatic N) is 1. The van der Waals surface area contributed by atoms with Gasteiger partial charge in [0, 0.05) is 6.42 Å². The summed E-state index contributed by atoms with van der Waals surface area (Å²) in [6, 6.07) is 8.48. The van der Waals surface area contributed by atoms with E-state index in [2.05, 4.69) is 10.2 Å². The molecule has 1 atom stereocenters. The van der Waals surface area contributed by atoms with Gasteiger partial charge in [-0.1, -0.05) is 36.8 Å². The molecule has 1 heterocycles. The van der Waals surface area contributed by atoms with E-state index in [4.69, 9.17) is 0 Å². The second kappa shape index (κ2) is 7.78. The second-order valence-corrected chi connectivity index (χ2v) is 5.48. The molecule has 1 aromatic rings. The Labute approximate surface area is 125 Å². The number of hydrogen-bond donors (Lipinski definition) is 2. The maximum absolute atomic E-state index is 12.0. The topological polar surface area (TPSA) is 69.6 Å². The molecule has 1 aliphatic heterocycles. The third-order valence-corrected chi connectivity index (χ3v) is 3.73. The summed E-state index contributed by atoms with van der Waals surface area (Å²) < 4.78 is 0. The number of nitrogens with one attached hydrogen (secondary N) is 1. The molecule has 1 fully saturated rings. The van der Waals surface area contributed by atoms with E-state index in [0.717, 1.165) is 31.5 Å². The lowest BCUT2D eigenvalue weighted by Gasteiger charge is -2.26. The Bertz CT molecular complexity index is 470. The van der Waals surface area contributed by atoms with Crippen molar-refractivity contribution in [2.24, 2.45) is 0 Å². The largest absolute Gasteiger partial charge is 0.480 e. The molecule has 2 N–H and O–H groups in total. The van der Waals surface area contributed by atoms with Gasteiger partial charge < -0.3 is 10.4 Å². The average Bonchev–Trinajstić information content (AvgIpc) is 2.48. The molecular formula is C16H22N2O3. The number of aliphatic carboxylic acids is 1. The lowest BCUT2D eigenvalue weighted by atomic mass is 10.1. The number of hydrogen-bond acceptors (Lipinski definition) is 3. The molecule has 1 amide bonds. The molecule has 0 spiro atoms. The van der Waals surface area contributed by atoms with E-state index in [9.17, 15) is 14.7 Å². The van der Waals surface area contributed by atoms with Crippen LogP contribution in [0.25, 0.3) is 0 Å². The predicted octanol–water partition coefficient (Wildman–Crippen LogP) is 1.28. The quantitative estimate of drug-likeness (QED) is 0.828. The summed E-state index contributed by atoms with van der Waals surface area (Å²) in [7, 11) is 0. The molecule has 0 aromatic heterocycles. The highest BCUT2D eigenvalue weighted by Gasteiger charge is 2.22. The van der Waals surface area contributed by atoms with Crippen LogP contribution in [0.5, 0.6) is 0 Å². The van der Waals surface area contributed by atoms with E-state index in [0.29, 0.717) is 13.0 Å². The molecule has 1 saturated heterocycles. The fraction of sp³-hybridized carbons (Fsp3) is 0.500. The summed E-state index contributed by atoms with van der Waals surface area (Å²) in [5.41, 5.74) is 0.906. The number of benzene rings is 1. The Kier molecular flexibility index (Phi) is 5.75. The Hall–Kier alpha value is -1.88. The van der Waals surface area contributed by atoms with Gasteiger partial charge in [-0.3, -0.25) is 9.69 Å². The smallest absolute Gasteiger partial charge is 0.326 e. The molecular weight excluding hydrogens is 268 g/mol. The first-order valence-electron chi connectivity index (χ1n) is 7.43. The lowest BCUT2D eigenvalue weighted by Crippen LogP contribution is -2.47. The van der Waals surface area contributed by atoms with Crippen molar-refractivity contribution < 1.29 is 14.7 Å². The van der Waals surface area contributed by atoms with Crippen LogP contribution in [0, 0.1) is 0 Å². The normalized spacial score (nSPS) is 17.1. The minimum atomic E-state index is -0.995. The molecule has 21 heavy (non-hydrogen) atoms. The van der Waals surface area contributed by atoms with Crippen molar-refractivity contribution >= 4 is 11.9 Å². The van der Waals surface area contributed by atoms with Crippen LogP contribution in [-0.2, 0) is 16.0 Å². The van der Waals surface area contributed by atoms with Gasteiger partial charge in [0.2, 0.25) is 5.91 Å². The minimum Gasteiger partial charge on any atom is -0.480 e. The van der Waals surface area contributed by atoms with Gasteiger partial charge in [0.05, 0.1) is 6.54 Å². The molecule has 0 saturated carbocycles. The summed E-state index contributed by atoms with van der Waals surface area (Å²) in [5.74, 6) is -1.20. The molecule has 0 aliphatic carbocycles. The van der Waals surface area contributed by atoms with Crippen LogP contribution < -0.4 is 5.32 Å². The Balaban J connectivity index is 1.86. The molecule has 2 rings (SSSR count). The van der Waals surface area contributed by atoms with Gasteiger partial charge in [0.25, 0.3) is 0 Å². The number of likely N-dealkylation sites (tertiary alicyclic amines) is 1. The summed E-state index contributed by atoms with van der Waals surface area (Å²) in [6.07, 6.45) is 3.74. The highest BCUT2D eigenvalue weighted by atomic mass is 16.4. The maximum atomic E-state index is 12.0. The molecule has 5 heteroatoms. The summed E-state index contributed by atoms with van der Waals surface area (Å²) in [5, 5.41) is 11.9. The van der Waals surface area contributed by atoms with Crippen molar-refractivity contribution in [3.05, 3.63) is 35.9 Å². The Morgan fingerprint density at radius 3 is 2.43 bits per heavy atom. The zero-order valence-corrected chi connectivity index (χ0v) is 12.1. The van der Waals surface area contributed by atoms with Gasteiger partial charge >= 0.3 is 5.97 Å². The van der Waals surface area contributed by atoms with Gasteiger partial charge in [-0.05, 0) is 31.5 Å². The van der Waals surface area contributed by atoms with Crippen molar-refractivity contribution in [3.63, 3.8) is 0 Å². The fourth-order valence-corrected chi connectivity index (χ4v) is 2.61. The van der Waals surface area contributed by atoms with Gasteiger partial charge in [-0.2, -0.15) is 0 Å². The fourth-order valence-electron chi connectivity index (χ4n) is 2.61. The Morgan fingerprint density at radius 2 is 1.81 bits per heavy atom. The van der Waals surface area contributed by atoms with E-state index in [1.807, 2.05) is 30.3 Å². The van der Waals surface area contributed by atoms with E-state index in [-0.39, 0.29) is 5.91 Å². The first-order chi connectivity index (χ1) is 10.1. The maximum Gasteiger partial charge on any atom is 0.326 e. The lowest BCUT2D eigenvalue weighted by molar-refractivity contribution is -0.142. The number of piperidine rings is 1. The molecule has 1 aliphatic rings. The van der Waals surface area contributed by atoms with Crippen molar-refractivity contribution in [3.8, 4) is 0 Å². The van der Waals surface area contributed by atoms with E-state index < -0.39 is 12.0 Å². The van der Waals surface area contributed by atoms with Crippen LogP contribution in [0.1, 0.15) is 24.8 Å². The monoisotopic (exact) mass is 290 g/mol. The highest BCUT2D eigenvalue weighted by molar-refractivity contribution is 5.84. The first-order valence-corrected chi connectivity index (χ1v) is 7.43. The van der Waals surface area contributed by atoms with Crippen LogP contribution in [0.3, 0.4) is 0 Å². The zero-order valence-electron chi connectivity index (χ0n) is 12.1. The van der Waals surface area contributed by atoms with E-state index in [1.165, 1.54) is 6.42 Å². The van der Waals surface area contributed by atoms with Crippen molar-refractivity contribution in [2.45, 2.75) is 31.7 Å². The molecule has 5 nitrogen and oxygen atoms in total. The predicted molar refractivity (Wildman–Crippen MR) is 80.0 cm³/mol. The van der Waals surface area contributed by atoms with Crippen molar-refractivity contribution in [2.75, 3.05) is 19.6 Å². The van der Waals surface area contributed by atoms with Crippen LogP contribution in [-0.4, -0.2) is 47.6 Å². The van der Waals surface area contributed by atoms with Crippen LogP contribution in [0.4, 0.5) is 0 Å². The van der Waals surface area contributed by atoms with E-state index >= 15 is 0 Å². The third kappa shape index (κ3) is 5.19. The number of carbonyl (C=O) groups excluding carboxylic acids is 1. The summed E-state index contributed by atoms with van der Waals surface area (Å²) in [4.78, 5) is 25.4. The van der Waals surface area contributed by atoms with Crippen LogP contribution in [0.2, 0.25) is 0 Å². The van der Waals surface area contributed by atoms with Crippen LogP contribution >= 0.6 is 0 Å². The second-order valence-electron chi connectivity index (χ2n) is 5.48. The summed E-state index contributed by atoms with van der Waals surface area (Å²) in [6.45, 7) is 2.13. The minimum absolute atomic E-state index is 0.208. The number of carbonyl (C=O) groups is 2. The highest BCUT2D eigenvalue weighted by Crippen LogP contribution is 2.08. The van der Waals surface area contributed by atoms with E-state index in [1.54, 1.807) is 0 Å². The number of amides is 1. The standard InChI is InChI=1S/C16H22N2O3/c19-15(12-18-9-5-2-6-10-18)17-14(16(20)21)11-13-7-3-1-4-8-13/h1,3-4,7-8,14H,2,5-6,9-12H2,(H,17,19)(H,20,21)/t14-/m0/s1. The molecule has 1 aromatic carbocycles. The molecule has 0 unspecified atom stereocenters. The van der Waals surface area contributed by atoms with Crippen LogP contribution in [0.15, 0.2) is 30.3 Å². The Morgan fingerprint density at radius 1 is 1.14 bits per heavy atom. The van der Waals surface area contributed by atoms with Gasteiger partial charge in [-0.15, -0.1) is 0 Å². The van der Waals surface area contributed by atoms with Gasteiger partial charge in [-0.25, -0.2) is 4.79 Å². The molecule has 114 valence electrons. The van der Waals surface area contributed by atoms with Gasteiger partial charge in [0.1, 0.15) is 6.04 Å². The summed E-state index contributed by atoms with van der Waals surface area (Å²) >= 11 is 0. The molecule has 0 bridgehead atoms. The van der Waals surface area contributed by atoms with Gasteiger partial charge in [0.15, 0.2) is 0 Å². The third-order valence-electron chi connectivity index (χ3n) is 3.73. The van der Waals surface area contributed by atoms with Crippen molar-refractivity contribution in [1.29, 1.82) is 0 Å².